The van der Waals surface area contributed by atoms with Crippen molar-refractivity contribution in [3.63, 3.8) is 0 Å². The zero-order chi connectivity index (χ0) is 16.8. The zero-order valence-corrected chi connectivity index (χ0v) is 13.9. The largest absolute Gasteiger partial charge is 0.333 e. The summed E-state index contributed by atoms with van der Waals surface area (Å²) in [5, 5.41) is 8.52. The summed E-state index contributed by atoms with van der Waals surface area (Å²) < 4.78 is 15.2. The van der Waals surface area contributed by atoms with Gasteiger partial charge in [0, 0.05) is 24.9 Å². The molecular formula is C18H21FN4O. The minimum Gasteiger partial charge on any atom is -0.333 e. The molecule has 0 unspecified atom stereocenters. The highest BCUT2D eigenvalue weighted by atomic mass is 19.1. The molecule has 1 amide bonds. The van der Waals surface area contributed by atoms with E-state index >= 15 is 0 Å². The van der Waals surface area contributed by atoms with E-state index in [0.717, 1.165) is 30.2 Å². The maximum atomic E-state index is 13.0. The highest BCUT2D eigenvalue weighted by Crippen LogP contribution is 2.48. The molecular weight excluding hydrogens is 307 g/mol. The van der Waals surface area contributed by atoms with Gasteiger partial charge >= 0.3 is 0 Å². The third kappa shape index (κ3) is 2.60. The van der Waals surface area contributed by atoms with Crippen LogP contribution in [0.1, 0.15) is 49.3 Å². The van der Waals surface area contributed by atoms with E-state index in [4.69, 9.17) is 0 Å². The van der Waals surface area contributed by atoms with Crippen LogP contribution in [0.3, 0.4) is 0 Å². The Kier molecular flexibility index (Phi) is 3.62. The summed E-state index contributed by atoms with van der Waals surface area (Å²) in [7, 11) is 0. The number of carbonyl (C=O) groups is 1. The minimum atomic E-state index is -0.237. The zero-order valence-electron chi connectivity index (χ0n) is 13.9. The fourth-order valence-electron chi connectivity index (χ4n) is 3.58. The van der Waals surface area contributed by atoms with Gasteiger partial charge in [0.15, 0.2) is 5.82 Å². The molecule has 0 radical (unpaired) electrons. The summed E-state index contributed by atoms with van der Waals surface area (Å²) in [6.07, 6.45) is 0.852. The van der Waals surface area contributed by atoms with Gasteiger partial charge in [-0.05, 0) is 30.0 Å². The fraction of sp³-hybridized carbons (Fsp3) is 0.500. The van der Waals surface area contributed by atoms with Gasteiger partial charge in [-0.25, -0.2) is 4.39 Å². The number of nitrogens with zero attached hydrogens (tertiary/aromatic N) is 4. The van der Waals surface area contributed by atoms with Crippen LogP contribution in [-0.2, 0) is 17.9 Å². The molecule has 2 aromatic rings. The van der Waals surface area contributed by atoms with E-state index in [0.29, 0.717) is 19.0 Å². The quantitative estimate of drug-likeness (QED) is 0.870. The first-order chi connectivity index (χ1) is 11.5. The molecule has 5 nitrogen and oxygen atoms in total. The van der Waals surface area contributed by atoms with Crippen LogP contribution in [0.2, 0.25) is 0 Å². The van der Waals surface area contributed by atoms with Crippen molar-refractivity contribution < 1.29 is 9.18 Å². The predicted octanol–water partition coefficient (Wildman–Crippen LogP) is 2.69. The van der Waals surface area contributed by atoms with E-state index < -0.39 is 0 Å². The number of hydrogen-bond donors (Lipinski definition) is 0. The van der Waals surface area contributed by atoms with E-state index in [1.54, 1.807) is 12.1 Å². The third-order valence-corrected chi connectivity index (χ3v) is 5.02. The van der Waals surface area contributed by atoms with Crippen molar-refractivity contribution in [1.82, 2.24) is 19.7 Å². The van der Waals surface area contributed by atoms with Crippen molar-refractivity contribution in [2.24, 2.45) is 5.92 Å². The lowest BCUT2D eigenvalue weighted by atomic mass is 10.1. The average molecular weight is 328 g/mol. The number of carbonyl (C=O) groups excluding carboxylic acids is 1. The van der Waals surface area contributed by atoms with Crippen LogP contribution in [0.15, 0.2) is 24.3 Å². The predicted molar refractivity (Wildman–Crippen MR) is 86.8 cm³/mol. The van der Waals surface area contributed by atoms with E-state index in [9.17, 15) is 9.18 Å². The molecule has 0 saturated heterocycles. The van der Waals surface area contributed by atoms with Gasteiger partial charge in [0.1, 0.15) is 11.6 Å². The van der Waals surface area contributed by atoms with Crippen molar-refractivity contribution >= 4 is 5.91 Å². The van der Waals surface area contributed by atoms with Gasteiger partial charge in [0.25, 0.3) is 0 Å². The Morgan fingerprint density at radius 1 is 1.21 bits per heavy atom. The van der Waals surface area contributed by atoms with Gasteiger partial charge in [0.05, 0.1) is 6.54 Å². The molecule has 2 aliphatic rings. The van der Waals surface area contributed by atoms with Crippen LogP contribution < -0.4 is 0 Å². The van der Waals surface area contributed by atoms with Crippen LogP contribution in [-0.4, -0.2) is 32.1 Å². The molecule has 24 heavy (non-hydrogen) atoms. The van der Waals surface area contributed by atoms with Crippen molar-refractivity contribution in [1.29, 1.82) is 0 Å². The number of halogens is 1. The lowest BCUT2D eigenvalue weighted by Gasteiger charge is -2.28. The number of hydrogen-bond acceptors (Lipinski definition) is 3. The van der Waals surface area contributed by atoms with E-state index in [1.165, 1.54) is 12.1 Å². The third-order valence-electron chi connectivity index (χ3n) is 5.02. The molecule has 1 saturated carbocycles. The molecule has 1 aliphatic carbocycles. The smallest absolute Gasteiger partial charge is 0.226 e. The number of benzene rings is 1. The lowest BCUT2D eigenvalue weighted by Crippen LogP contribution is -2.39. The molecule has 1 aromatic carbocycles. The SMILES string of the molecule is CC(C)c1nnc2n1CCN(C(=O)[C@@H]1C[C@H]1c1ccc(F)cc1)C2. The Labute approximate surface area is 140 Å². The van der Waals surface area contributed by atoms with E-state index in [-0.39, 0.29) is 23.6 Å². The molecule has 1 aliphatic heterocycles. The van der Waals surface area contributed by atoms with Crippen LogP contribution in [0, 0.1) is 11.7 Å². The van der Waals surface area contributed by atoms with E-state index in [2.05, 4.69) is 28.6 Å². The first-order valence-corrected chi connectivity index (χ1v) is 8.51. The molecule has 0 spiro atoms. The van der Waals surface area contributed by atoms with Crippen molar-refractivity contribution in [3.05, 3.63) is 47.3 Å². The highest BCUT2D eigenvalue weighted by Gasteiger charge is 2.46. The summed E-state index contributed by atoms with van der Waals surface area (Å²) in [5.41, 5.74) is 1.05. The van der Waals surface area contributed by atoms with Crippen LogP contribution in [0.5, 0.6) is 0 Å². The highest BCUT2D eigenvalue weighted by molar-refractivity contribution is 5.83. The topological polar surface area (TPSA) is 51.0 Å². The van der Waals surface area contributed by atoms with Gasteiger partial charge in [-0.2, -0.15) is 0 Å². The maximum absolute atomic E-state index is 13.0. The number of aromatic nitrogens is 3. The second-order valence-electron chi connectivity index (χ2n) is 7.04. The fourth-order valence-corrected chi connectivity index (χ4v) is 3.58. The standard InChI is InChI=1S/C18H21FN4O/c1-11(2)17-21-20-16-10-22(7-8-23(16)17)18(24)15-9-14(15)12-3-5-13(19)6-4-12/h3-6,11,14-15H,7-10H2,1-2H3/t14-,15+/m0/s1. The minimum absolute atomic E-state index is 0.0227. The first kappa shape index (κ1) is 15.3. The Balaban J connectivity index is 1.44. The van der Waals surface area contributed by atoms with Crippen molar-refractivity contribution in [2.45, 2.75) is 45.2 Å². The van der Waals surface area contributed by atoms with Crippen LogP contribution in [0.25, 0.3) is 0 Å². The average Bonchev–Trinajstić information content (AvgIpc) is 3.25. The second-order valence-corrected chi connectivity index (χ2v) is 7.04. The maximum Gasteiger partial charge on any atom is 0.226 e. The number of fused-ring (bicyclic) bond motifs is 1. The Morgan fingerprint density at radius 3 is 2.67 bits per heavy atom. The molecule has 0 bridgehead atoms. The molecule has 6 heteroatoms. The molecule has 1 aromatic heterocycles. The molecule has 4 rings (SSSR count). The lowest BCUT2D eigenvalue weighted by molar-refractivity contribution is -0.134. The normalized spacial score (nSPS) is 22.6. The monoisotopic (exact) mass is 328 g/mol. The molecule has 2 atom stereocenters. The Morgan fingerprint density at radius 2 is 1.96 bits per heavy atom. The first-order valence-electron chi connectivity index (χ1n) is 8.51. The van der Waals surface area contributed by atoms with Gasteiger partial charge in [-0.3, -0.25) is 4.79 Å². The summed E-state index contributed by atoms with van der Waals surface area (Å²) in [6.45, 7) is 6.20. The van der Waals surface area contributed by atoms with Gasteiger partial charge in [-0.15, -0.1) is 10.2 Å². The molecule has 0 N–H and O–H groups in total. The number of amides is 1. The van der Waals surface area contributed by atoms with Crippen molar-refractivity contribution in [3.8, 4) is 0 Å². The van der Waals surface area contributed by atoms with Gasteiger partial charge in [0.2, 0.25) is 5.91 Å². The molecule has 1 fully saturated rings. The molecule has 126 valence electrons. The Bertz CT molecular complexity index is 768. The van der Waals surface area contributed by atoms with Crippen LogP contribution >= 0.6 is 0 Å². The van der Waals surface area contributed by atoms with E-state index in [1.807, 2.05) is 4.90 Å². The van der Waals surface area contributed by atoms with Crippen LogP contribution in [0.4, 0.5) is 4.39 Å². The summed E-state index contributed by atoms with van der Waals surface area (Å²) in [4.78, 5) is 14.6. The number of rotatable bonds is 3. The Hall–Kier alpha value is -2.24. The van der Waals surface area contributed by atoms with Gasteiger partial charge in [-0.1, -0.05) is 26.0 Å². The molecule has 2 heterocycles. The summed E-state index contributed by atoms with van der Waals surface area (Å²) in [6, 6.07) is 6.50. The summed E-state index contributed by atoms with van der Waals surface area (Å²) >= 11 is 0. The second kappa shape index (κ2) is 5.69. The van der Waals surface area contributed by atoms with Gasteiger partial charge < -0.3 is 9.47 Å². The summed E-state index contributed by atoms with van der Waals surface area (Å²) in [5.74, 6) is 2.40. The van der Waals surface area contributed by atoms with Crippen molar-refractivity contribution in [2.75, 3.05) is 6.54 Å².